The molecule has 0 spiro atoms. The van der Waals surface area contributed by atoms with Crippen LogP contribution >= 0.6 is 15.9 Å². The minimum absolute atomic E-state index is 0.163. The molecular formula is C17H17BrO4S. The predicted octanol–water partition coefficient (Wildman–Crippen LogP) is 4.08. The molecule has 0 radical (unpaired) electrons. The Labute approximate surface area is 144 Å². The molecule has 0 bridgehead atoms. The fourth-order valence-corrected chi connectivity index (χ4v) is 4.48. The van der Waals surface area contributed by atoms with Crippen LogP contribution in [-0.4, -0.2) is 15.5 Å². The van der Waals surface area contributed by atoms with Crippen molar-refractivity contribution in [2.45, 2.75) is 31.3 Å². The van der Waals surface area contributed by atoms with E-state index in [0.29, 0.717) is 12.0 Å². The lowest BCUT2D eigenvalue weighted by Gasteiger charge is -2.16. The van der Waals surface area contributed by atoms with E-state index in [2.05, 4.69) is 22.0 Å². The molecule has 0 N–H and O–H groups in total. The molecule has 0 saturated carbocycles. The van der Waals surface area contributed by atoms with Gasteiger partial charge in [-0.15, -0.1) is 0 Å². The number of halogens is 1. The number of benzene rings is 2. The Morgan fingerprint density at radius 2 is 1.91 bits per heavy atom. The largest absolute Gasteiger partial charge is 0.484 e. The van der Waals surface area contributed by atoms with Crippen LogP contribution in [0.1, 0.15) is 28.4 Å². The number of hydrogen-bond acceptors (Lipinski definition) is 4. The van der Waals surface area contributed by atoms with E-state index >= 15 is 0 Å². The Hall–Kier alpha value is -1.37. The molecule has 3 rings (SSSR count). The molecular weight excluding hydrogens is 380 g/mol. The first-order valence-electron chi connectivity index (χ1n) is 7.18. The van der Waals surface area contributed by atoms with Crippen molar-refractivity contribution in [1.82, 2.24) is 0 Å². The first-order chi connectivity index (χ1) is 10.8. The Morgan fingerprint density at radius 1 is 1.17 bits per heavy atom. The maximum Gasteiger partial charge on any atom is 0.297 e. The zero-order valence-corrected chi connectivity index (χ0v) is 15.5. The molecule has 1 aliphatic rings. The van der Waals surface area contributed by atoms with E-state index in [4.69, 9.17) is 8.92 Å². The van der Waals surface area contributed by atoms with Gasteiger partial charge in [-0.05, 0) is 53.0 Å². The second-order valence-corrected chi connectivity index (χ2v) is 8.24. The quantitative estimate of drug-likeness (QED) is 0.733. The van der Waals surface area contributed by atoms with E-state index in [1.165, 1.54) is 7.11 Å². The molecule has 0 aromatic heterocycles. The summed E-state index contributed by atoms with van der Waals surface area (Å²) < 4.78 is 36.0. The summed E-state index contributed by atoms with van der Waals surface area (Å²) in [6.07, 6.45) is 0.286. The third-order valence-electron chi connectivity index (χ3n) is 3.93. The minimum Gasteiger partial charge on any atom is -0.484 e. The fraction of sp³-hybridized carbons (Fsp3) is 0.294. The summed E-state index contributed by atoms with van der Waals surface area (Å²) in [5, 5.41) is 0. The van der Waals surface area contributed by atoms with Crippen LogP contribution in [0.4, 0.5) is 0 Å². The summed E-state index contributed by atoms with van der Waals surface area (Å²) in [5.74, 6) is 0.780. The summed E-state index contributed by atoms with van der Waals surface area (Å²) in [6.45, 7) is 3.95. The zero-order valence-electron chi connectivity index (χ0n) is 13.1. The van der Waals surface area contributed by atoms with Crippen molar-refractivity contribution in [2.24, 2.45) is 0 Å². The molecule has 2 aromatic carbocycles. The van der Waals surface area contributed by atoms with Crippen LogP contribution in [0.25, 0.3) is 0 Å². The van der Waals surface area contributed by atoms with Crippen LogP contribution in [-0.2, 0) is 20.7 Å². The molecule has 0 aliphatic carbocycles. The smallest absolute Gasteiger partial charge is 0.297 e. The topological polar surface area (TPSA) is 52.6 Å². The van der Waals surface area contributed by atoms with Crippen LogP contribution in [0.2, 0.25) is 0 Å². The van der Waals surface area contributed by atoms with E-state index in [-0.39, 0.29) is 11.0 Å². The molecule has 0 amide bonds. The first-order valence-corrected chi connectivity index (χ1v) is 9.39. The van der Waals surface area contributed by atoms with Crippen LogP contribution in [0.3, 0.4) is 0 Å². The normalized spacial score (nSPS) is 17.0. The van der Waals surface area contributed by atoms with Crippen LogP contribution in [0, 0.1) is 13.8 Å². The van der Waals surface area contributed by atoms with Gasteiger partial charge in [-0.1, -0.05) is 23.8 Å². The van der Waals surface area contributed by atoms with E-state index in [1.54, 1.807) is 12.1 Å². The molecule has 0 saturated heterocycles. The van der Waals surface area contributed by atoms with Crippen molar-refractivity contribution in [2.75, 3.05) is 7.11 Å². The Morgan fingerprint density at radius 3 is 2.61 bits per heavy atom. The molecule has 2 aromatic rings. The first kappa shape index (κ1) is 16.5. The maximum atomic E-state index is 12.2. The SMILES string of the molecule is COS(=O)(=O)c1ccc(C)cc1C1Cc2cc(C)cc(Br)c2O1. The van der Waals surface area contributed by atoms with Crippen molar-refractivity contribution in [1.29, 1.82) is 0 Å². The molecule has 0 fully saturated rings. The van der Waals surface area contributed by atoms with Gasteiger partial charge >= 0.3 is 0 Å². The number of rotatable bonds is 3. The van der Waals surface area contributed by atoms with Gasteiger partial charge in [0.25, 0.3) is 10.1 Å². The van der Waals surface area contributed by atoms with Gasteiger partial charge in [0.1, 0.15) is 16.7 Å². The monoisotopic (exact) mass is 396 g/mol. The van der Waals surface area contributed by atoms with Gasteiger partial charge in [0, 0.05) is 12.0 Å². The number of ether oxygens (including phenoxy) is 1. The van der Waals surface area contributed by atoms with E-state index in [0.717, 1.165) is 26.9 Å². The summed E-state index contributed by atoms with van der Waals surface area (Å²) in [5.41, 5.74) is 3.82. The highest BCUT2D eigenvalue weighted by Crippen LogP contribution is 2.43. The summed E-state index contributed by atoms with van der Waals surface area (Å²) >= 11 is 3.52. The van der Waals surface area contributed by atoms with E-state index < -0.39 is 10.1 Å². The highest BCUT2D eigenvalue weighted by molar-refractivity contribution is 9.10. The second-order valence-electron chi connectivity index (χ2n) is 5.71. The standard InChI is InChI=1S/C17H17BrO4S/c1-10-4-5-16(23(19,20)21-3)13(7-10)15-9-12-6-11(2)8-14(18)17(12)22-15/h4-8,15H,9H2,1-3H3. The van der Waals surface area contributed by atoms with Gasteiger partial charge in [-0.25, -0.2) is 0 Å². The lowest BCUT2D eigenvalue weighted by atomic mass is 10.0. The predicted molar refractivity (Wildman–Crippen MR) is 91.3 cm³/mol. The van der Waals surface area contributed by atoms with Gasteiger partial charge in [-0.3, -0.25) is 4.18 Å². The van der Waals surface area contributed by atoms with Crippen molar-refractivity contribution in [3.8, 4) is 5.75 Å². The summed E-state index contributed by atoms with van der Waals surface area (Å²) in [7, 11) is -2.61. The Kier molecular flexibility index (Phi) is 4.25. The molecule has 4 nitrogen and oxygen atoms in total. The molecule has 1 aliphatic heterocycles. The highest BCUT2D eigenvalue weighted by Gasteiger charge is 2.31. The maximum absolute atomic E-state index is 12.2. The lowest BCUT2D eigenvalue weighted by Crippen LogP contribution is -2.12. The van der Waals surface area contributed by atoms with Crippen LogP contribution in [0.5, 0.6) is 5.75 Å². The second kappa shape index (κ2) is 5.92. The van der Waals surface area contributed by atoms with E-state index in [9.17, 15) is 8.42 Å². The Bertz CT molecular complexity index is 874. The minimum atomic E-state index is -3.78. The Balaban J connectivity index is 2.08. The molecule has 1 atom stereocenters. The van der Waals surface area contributed by atoms with Gasteiger partial charge < -0.3 is 4.74 Å². The average molecular weight is 397 g/mol. The fourth-order valence-electron chi connectivity index (χ4n) is 2.88. The van der Waals surface area contributed by atoms with Gasteiger partial charge in [0.05, 0.1) is 11.6 Å². The number of hydrogen-bond donors (Lipinski definition) is 0. The number of aryl methyl sites for hydroxylation is 2. The summed E-state index contributed by atoms with van der Waals surface area (Å²) in [4.78, 5) is 0.163. The van der Waals surface area contributed by atoms with Gasteiger partial charge in [-0.2, -0.15) is 8.42 Å². The zero-order chi connectivity index (χ0) is 16.8. The molecule has 122 valence electrons. The van der Waals surface area contributed by atoms with Crippen molar-refractivity contribution < 1.29 is 17.3 Å². The molecule has 23 heavy (non-hydrogen) atoms. The third-order valence-corrected chi connectivity index (χ3v) is 5.87. The van der Waals surface area contributed by atoms with Crippen molar-refractivity contribution >= 4 is 26.0 Å². The highest BCUT2D eigenvalue weighted by atomic mass is 79.9. The average Bonchev–Trinajstić information content (AvgIpc) is 2.91. The van der Waals surface area contributed by atoms with Crippen LogP contribution < -0.4 is 4.74 Å². The van der Waals surface area contributed by atoms with E-state index in [1.807, 2.05) is 26.0 Å². The lowest BCUT2D eigenvalue weighted by molar-refractivity contribution is 0.233. The summed E-state index contributed by atoms with van der Waals surface area (Å²) in [6, 6.07) is 9.25. The van der Waals surface area contributed by atoms with Crippen molar-refractivity contribution in [3.05, 3.63) is 57.1 Å². The molecule has 1 unspecified atom stereocenters. The molecule has 6 heteroatoms. The molecule has 1 heterocycles. The third kappa shape index (κ3) is 3.03. The van der Waals surface area contributed by atoms with Gasteiger partial charge in [0.15, 0.2) is 0 Å². The van der Waals surface area contributed by atoms with Crippen LogP contribution in [0.15, 0.2) is 39.7 Å². The number of fused-ring (bicyclic) bond motifs is 1. The van der Waals surface area contributed by atoms with Crippen molar-refractivity contribution in [3.63, 3.8) is 0 Å². The van der Waals surface area contributed by atoms with Gasteiger partial charge in [0.2, 0.25) is 0 Å².